The maximum Gasteiger partial charge on any atom is 0.263 e. The Labute approximate surface area is 207 Å². The van der Waals surface area contributed by atoms with E-state index in [0.717, 1.165) is 11.4 Å². The highest BCUT2D eigenvalue weighted by atomic mass is 32.2. The van der Waals surface area contributed by atoms with Crippen LogP contribution in [0.3, 0.4) is 0 Å². The first-order valence-corrected chi connectivity index (χ1v) is 12.4. The van der Waals surface area contributed by atoms with Crippen LogP contribution >= 0.6 is 11.8 Å². The van der Waals surface area contributed by atoms with E-state index in [-0.39, 0.29) is 16.8 Å². The molecule has 0 spiro atoms. The Morgan fingerprint density at radius 1 is 1.14 bits per heavy atom. The van der Waals surface area contributed by atoms with Gasteiger partial charge in [0, 0.05) is 36.5 Å². The van der Waals surface area contributed by atoms with Gasteiger partial charge in [0.1, 0.15) is 0 Å². The van der Waals surface area contributed by atoms with Crippen molar-refractivity contribution in [3.05, 3.63) is 88.9 Å². The molecule has 178 valence electrons. The van der Waals surface area contributed by atoms with Gasteiger partial charge in [-0.25, -0.2) is 0 Å². The zero-order chi connectivity index (χ0) is 24.9. The van der Waals surface area contributed by atoms with Gasteiger partial charge in [-0.3, -0.25) is 18.6 Å². The van der Waals surface area contributed by atoms with Crippen molar-refractivity contribution in [1.29, 1.82) is 0 Å². The molecule has 0 bridgehead atoms. The summed E-state index contributed by atoms with van der Waals surface area (Å²) in [4.78, 5) is 28.5. The summed E-state index contributed by atoms with van der Waals surface area (Å²) in [6.45, 7) is 10.2. The molecule has 0 saturated heterocycles. The molecule has 0 fully saturated rings. The summed E-state index contributed by atoms with van der Waals surface area (Å²) in [6, 6.07) is 15.6. The third-order valence-corrected chi connectivity index (χ3v) is 7.75. The van der Waals surface area contributed by atoms with E-state index in [1.807, 2.05) is 48.7 Å². The smallest absolute Gasteiger partial charge is 0.263 e. The van der Waals surface area contributed by atoms with Crippen LogP contribution in [0.5, 0.6) is 0 Å². The van der Waals surface area contributed by atoms with Crippen molar-refractivity contribution < 1.29 is 4.79 Å². The lowest BCUT2D eigenvalue weighted by molar-refractivity contribution is -0.114. The normalized spacial score (nSPS) is 16.7. The lowest BCUT2D eigenvalue weighted by Gasteiger charge is -2.24. The van der Waals surface area contributed by atoms with Crippen LogP contribution in [0.4, 0.5) is 5.69 Å². The van der Waals surface area contributed by atoms with Gasteiger partial charge in [-0.15, -0.1) is 16.8 Å². The van der Waals surface area contributed by atoms with Crippen LogP contribution in [0.15, 0.2) is 82.9 Å². The Balaban J connectivity index is 1.52. The van der Waals surface area contributed by atoms with Gasteiger partial charge in [0.15, 0.2) is 10.9 Å². The van der Waals surface area contributed by atoms with E-state index in [9.17, 15) is 9.59 Å². The highest BCUT2D eigenvalue weighted by molar-refractivity contribution is 8.00. The van der Waals surface area contributed by atoms with Crippen LogP contribution in [0.2, 0.25) is 0 Å². The number of hydrogen-bond donors (Lipinski definition) is 0. The summed E-state index contributed by atoms with van der Waals surface area (Å²) in [5.41, 5.74) is 3.59. The van der Waals surface area contributed by atoms with Gasteiger partial charge in [-0.1, -0.05) is 62.0 Å². The Hall–Kier alpha value is -3.65. The summed E-state index contributed by atoms with van der Waals surface area (Å²) >= 11 is 1.34. The van der Waals surface area contributed by atoms with E-state index in [2.05, 4.69) is 47.7 Å². The second-order valence-electron chi connectivity index (χ2n) is 9.23. The van der Waals surface area contributed by atoms with Gasteiger partial charge in [-0.2, -0.15) is 0 Å². The van der Waals surface area contributed by atoms with Gasteiger partial charge >= 0.3 is 0 Å². The van der Waals surface area contributed by atoms with Gasteiger partial charge in [0.05, 0.1) is 16.2 Å². The molecule has 4 aromatic rings. The van der Waals surface area contributed by atoms with E-state index >= 15 is 0 Å². The molecule has 2 aromatic carbocycles. The molecule has 35 heavy (non-hydrogen) atoms. The number of hydrogen-bond acceptors (Lipinski definition) is 6. The molecule has 1 aliphatic heterocycles. The molecule has 0 N–H and O–H groups in total. The fraction of sp³-hybridized carbons (Fsp3) is 0.259. The number of carbonyl (C=O) groups is 1. The van der Waals surface area contributed by atoms with E-state index in [1.54, 1.807) is 22.8 Å². The lowest BCUT2D eigenvalue weighted by Crippen LogP contribution is -2.25. The minimum absolute atomic E-state index is 0.00167. The first kappa shape index (κ1) is 23.1. The predicted octanol–water partition coefficient (Wildman–Crippen LogP) is 4.59. The molecule has 0 aliphatic carbocycles. The molecule has 0 amide bonds. The fourth-order valence-corrected chi connectivity index (χ4v) is 5.70. The summed E-state index contributed by atoms with van der Waals surface area (Å²) in [5.74, 6) is 0.430. The zero-order valence-corrected chi connectivity index (χ0v) is 21.0. The van der Waals surface area contributed by atoms with Crippen LogP contribution in [0.1, 0.15) is 26.3 Å². The van der Waals surface area contributed by atoms with E-state index in [4.69, 9.17) is 0 Å². The number of fused-ring (bicyclic) bond motifs is 4. The maximum atomic E-state index is 13.4. The van der Waals surface area contributed by atoms with Crippen LogP contribution in [-0.2, 0) is 16.8 Å². The number of benzene rings is 2. The summed E-state index contributed by atoms with van der Waals surface area (Å²) in [7, 11) is 2.00. The van der Waals surface area contributed by atoms with Gasteiger partial charge in [0.25, 0.3) is 5.56 Å². The second-order valence-corrected chi connectivity index (χ2v) is 10.5. The number of carbonyl (C=O) groups excluding carboxylic acids is 1. The predicted molar refractivity (Wildman–Crippen MR) is 141 cm³/mol. The molecule has 1 atom stereocenters. The van der Waals surface area contributed by atoms with Gasteiger partial charge < -0.3 is 4.90 Å². The molecule has 5 rings (SSSR count). The monoisotopic (exact) mass is 485 g/mol. The number of para-hydroxylation sites is 2. The molecule has 0 saturated carbocycles. The number of aromatic nitrogens is 4. The first-order chi connectivity index (χ1) is 16.8. The maximum absolute atomic E-state index is 13.4. The second kappa shape index (κ2) is 8.53. The van der Waals surface area contributed by atoms with Crippen LogP contribution in [-0.4, -0.2) is 37.2 Å². The molecule has 0 radical (unpaired) electrons. The average Bonchev–Trinajstić information content (AvgIpc) is 3.35. The minimum atomic E-state index is -0.402. The van der Waals surface area contributed by atoms with Crippen molar-refractivity contribution in [3.63, 3.8) is 0 Å². The molecule has 3 heterocycles. The Bertz CT molecular complexity index is 1580. The number of thioether (sulfide) groups is 1. The molecule has 2 aromatic heterocycles. The minimum Gasteiger partial charge on any atom is -0.347 e. The molecule has 1 unspecified atom stereocenters. The zero-order valence-electron chi connectivity index (χ0n) is 20.2. The van der Waals surface area contributed by atoms with E-state index in [0.29, 0.717) is 28.4 Å². The van der Waals surface area contributed by atoms with Crippen molar-refractivity contribution >= 4 is 39.9 Å². The summed E-state index contributed by atoms with van der Waals surface area (Å²) in [6.07, 6.45) is 3.42. The number of nitrogens with zero attached hydrogens (tertiary/aromatic N) is 5. The fourth-order valence-electron chi connectivity index (χ4n) is 4.83. The summed E-state index contributed by atoms with van der Waals surface area (Å²) < 4.78 is 3.40. The van der Waals surface area contributed by atoms with Crippen molar-refractivity contribution in [2.75, 3.05) is 11.9 Å². The third kappa shape index (κ3) is 3.60. The van der Waals surface area contributed by atoms with Crippen molar-refractivity contribution in [3.8, 4) is 0 Å². The van der Waals surface area contributed by atoms with Crippen LogP contribution in [0, 0.1) is 0 Å². The Morgan fingerprint density at radius 2 is 1.86 bits per heavy atom. The molecular formula is C27H27N5O2S. The highest BCUT2D eigenvalue weighted by Gasteiger charge is 2.39. The number of anilines is 1. The summed E-state index contributed by atoms with van der Waals surface area (Å²) in [5, 5.41) is 9.39. The van der Waals surface area contributed by atoms with Crippen molar-refractivity contribution in [2.24, 2.45) is 0 Å². The quantitative estimate of drug-likeness (QED) is 0.226. The number of rotatable bonds is 6. The number of ketones is 1. The lowest BCUT2D eigenvalue weighted by atomic mass is 9.83. The topological polar surface area (TPSA) is 72.5 Å². The van der Waals surface area contributed by atoms with E-state index in [1.165, 1.54) is 17.3 Å². The number of allylic oxidation sites excluding steroid dienone is 3. The first-order valence-electron chi connectivity index (χ1n) is 11.5. The van der Waals surface area contributed by atoms with Crippen LogP contribution in [0.25, 0.3) is 16.7 Å². The SMILES string of the molecule is C=CCn1c(=O)c2ccccc2n2c(SC(C)C(=O)/C=C3\N(C)c4ccccc4C3(C)C)nnc12. The molecule has 7 nitrogen and oxygen atoms in total. The van der Waals surface area contributed by atoms with Crippen molar-refractivity contribution in [1.82, 2.24) is 19.2 Å². The Kier molecular flexibility index (Phi) is 5.63. The van der Waals surface area contributed by atoms with E-state index < -0.39 is 5.25 Å². The molecular weight excluding hydrogens is 458 g/mol. The standard InChI is InChI=1S/C27H27N5O2S/c1-6-15-31-24(34)18-11-7-9-13-20(18)32-25(31)28-29-26(32)35-17(2)22(33)16-23-27(3,4)19-12-8-10-14-21(19)30(23)5/h6-14,16-17H,1,15H2,2-5H3/b23-16-. The molecule has 1 aliphatic rings. The van der Waals surface area contributed by atoms with Gasteiger partial charge in [-0.05, 0) is 30.7 Å². The van der Waals surface area contributed by atoms with Gasteiger partial charge in [0.2, 0.25) is 5.78 Å². The van der Waals surface area contributed by atoms with Crippen LogP contribution < -0.4 is 10.5 Å². The third-order valence-electron chi connectivity index (χ3n) is 6.69. The number of likely N-dealkylation sites (N-methyl/N-ethyl adjacent to an activating group) is 1. The molecule has 8 heteroatoms. The largest absolute Gasteiger partial charge is 0.347 e. The highest BCUT2D eigenvalue weighted by Crippen LogP contribution is 2.46. The van der Waals surface area contributed by atoms with Crippen molar-refractivity contribution in [2.45, 2.75) is 43.1 Å². The Morgan fingerprint density at radius 3 is 2.60 bits per heavy atom. The average molecular weight is 486 g/mol.